The van der Waals surface area contributed by atoms with Crippen LogP contribution in [-0.4, -0.2) is 21.5 Å². The van der Waals surface area contributed by atoms with E-state index in [1.54, 1.807) is 11.8 Å². The van der Waals surface area contributed by atoms with Crippen LogP contribution >= 0.6 is 11.8 Å². The second-order valence-corrected chi connectivity index (χ2v) is 12.5. The predicted molar refractivity (Wildman–Crippen MR) is 153 cm³/mol. The Morgan fingerprint density at radius 1 is 1.05 bits per heavy atom. The molecule has 6 nitrogen and oxygen atoms in total. The summed E-state index contributed by atoms with van der Waals surface area (Å²) in [5.41, 5.74) is 3.68. The summed E-state index contributed by atoms with van der Waals surface area (Å²) < 4.78 is 5.98. The zero-order valence-corrected chi connectivity index (χ0v) is 23.3. The molecule has 1 atom stereocenters. The molecule has 2 heterocycles. The highest BCUT2D eigenvalue weighted by atomic mass is 32.2. The number of aromatic amines is 1. The fourth-order valence-electron chi connectivity index (χ4n) is 5.18. The van der Waals surface area contributed by atoms with Gasteiger partial charge in [0.05, 0.1) is 5.56 Å². The number of thioether (sulfide) groups is 1. The molecule has 2 N–H and O–H groups in total. The summed E-state index contributed by atoms with van der Waals surface area (Å²) in [6, 6.07) is 17.8. The summed E-state index contributed by atoms with van der Waals surface area (Å²) in [7, 11) is 0. The molecule has 1 aromatic heterocycles. The fourth-order valence-corrected chi connectivity index (χ4v) is 6.29. The number of hydrogen-bond donors (Lipinski definition) is 2. The van der Waals surface area contributed by atoms with Crippen molar-refractivity contribution in [2.45, 2.75) is 64.6 Å². The lowest BCUT2D eigenvalue weighted by molar-refractivity contribution is -0.118. The molecule has 0 fully saturated rings. The van der Waals surface area contributed by atoms with Crippen molar-refractivity contribution in [3.8, 4) is 5.75 Å². The van der Waals surface area contributed by atoms with Crippen molar-refractivity contribution in [3.63, 3.8) is 0 Å². The van der Waals surface area contributed by atoms with Crippen LogP contribution in [0.4, 0.5) is 5.82 Å². The zero-order chi connectivity index (χ0) is 26.9. The number of carbonyl (C=O) groups excluding carboxylic acids is 1. The number of carbonyl (C=O) groups is 1. The molecule has 198 valence electrons. The third-order valence-electron chi connectivity index (χ3n) is 7.10. The first-order valence-corrected chi connectivity index (χ1v) is 14.3. The van der Waals surface area contributed by atoms with Gasteiger partial charge in [-0.15, -0.1) is 0 Å². The highest BCUT2D eigenvalue weighted by Gasteiger charge is 2.42. The molecule has 2 aromatic carbocycles. The molecule has 0 radical (unpaired) electrons. The van der Waals surface area contributed by atoms with Gasteiger partial charge in [-0.05, 0) is 47.4 Å². The van der Waals surface area contributed by atoms with Crippen molar-refractivity contribution >= 4 is 23.4 Å². The fraction of sp³-hybridized carbons (Fsp3) is 0.387. The number of ether oxygens (including phenoxy) is 1. The number of allylic oxidation sites excluding steroid dienone is 2. The Hall–Kier alpha value is -3.32. The number of H-pyrrole nitrogens is 1. The van der Waals surface area contributed by atoms with Crippen LogP contribution < -0.4 is 15.6 Å². The van der Waals surface area contributed by atoms with Gasteiger partial charge in [-0.1, -0.05) is 81.9 Å². The van der Waals surface area contributed by atoms with E-state index in [4.69, 9.17) is 9.72 Å². The van der Waals surface area contributed by atoms with Crippen LogP contribution in [-0.2, 0) is 11.4 Å². The molecule has 1 aliphatic heterocycles. The van der Waals surface area contributed by atoms with Gasteiger partial charge in [0, 0.05) is 29.4 Å². The second kappa shape index (κ2) is 10.8. The van der Waals surface area contributed by atoms with Gasteiger partial charge < -0.3 is 15.0 Å². The molecule has 0 amide bonds. The van der Waals surface area contributed by atoms with E-state index in [1.165, 1.54) is 0 Å². The molecular weight excluding hydrogens is 494 g/mol. The Labute approximate surface area is 228 Å². The maximum absolute atomic E-state index is 13.5. The number of aromatic nitrogens is 2. The SMILES string of the molecule is CC(C)CCSc1nc2c(c(=O)[nH]1)C(c1ccc(OCc3ccccc3)cc1)C1=C(CC(C)(C)CC1=O)N2. The first kappa shape index (κ1) is 26.3. The van der Waals surface area contributed by atoms with Gasteiger partial charge >= 0.3 is 0 Å². The van der Waals surface area contributed by atoms with Gasteiger partial charge in [-0.3, -0.25) is 9.59 Å². The van der Waals surface area contributed by atoms with E-state index >= 15 is 0 Å². The number of Topliss-reactive ketones (excluding diaryl/α,β-unsaturated/α-hetero) is 1. The van der Waals surface area contributed by atoms with Gasteiger partial charge in [0.25, 0.3) is 5.56 Å². The summed E-state index contributed by atoms with van der Waals surface area (Å²) in [5.74, 6) is 2.36. The highest BCUT2D eigenvalue weighted by Crippen LogP contribution is 2.47. The minimum atomic E-state index is -0.473. The lowest BCUT2D eigenvalue weighted by Crippen LogP contribution is -2.37. The minimum absolute atomic E-state index is 0.0820. The first-order chi connectivity index (χ1) is 18.2. The Bertz CT molecular complexity index is 1410. The van der Waals surface area contributed by atoms with E-state index in [-0.39, 0.29) is 16.8 Å². The number of nitrogens with one attached hydrogen (secondary N) is 2. The van der Waals surface area contributed by atoms with Crippen LogP contribution in [0.2, 0.25) is 0 Å². The van der Waals surface area contributed by atoms with Crippen LogP contribution in [0.1, 0.15) is 69.6 Å². The number of fused-ring (bicyclic) bond motifs is 1. The molecule has 3 aromatic rings. The molecule has 0 bridgehead atoms. The van der Waals surface area contributed by atoms with Crippen molar-refractivity contribution in [2.24, 2.45) is 11.3 Å². The van der Waals surface area contributed by atoms with Gasteiger partial charge in [0.15, 0.2) is 10.9 Å². The van der Waals surface area contributed by atoms with Gasteiger partial charge in [-0.2, -0.15) is 0 Å². The molecular formula is C31H35N3O3S. The smallest absolute Gasteiger partial charge is 0.257 e. The maximum Gasteiger partial charge on any atom is 0.257 e. The van der Waals surface area contributed by atoms with E-state index in [0.29, 0.717) is 41.1 Å². The summed E-state index contributed by atoms with van der Waals surface area (Å²) in [4.78, 5) is 34.8. The Morgan fingerprint density at radius 3 is 2.50 bits per heavy atom. The van der Waals surface area contributed by atoms with Gasteiger partial charge in [-0.25, -0.2) is 4.98 Å². The monoisotopic (exact) mass is 529 g/mol. The quantitative estimate of drug-likeness (QED) is 0.250. The van der Waals surface area contributed by atoms with Crippen molar-refractivity contribution in [1.29, 1.82) is 0 Å². The first-order valence-electron chi connectivity index (χ1n) is 13.3. The third-order valence-corrected chi connectivity index (χ3v) is 8.00. The lowest BCUT2D eigenvalue weighted by Gasteiger charge is -2.38. The number of nitrogens with zero attached hydrogens (tertiary/aromatic N) is 1. The Balaban J connectivity index is 1.49. The summed E-state index contributed by atoms with van der Waals surface area (Å²) >= 11 is 1.56. The van der Waals surface area contributed by atoms with Crippen molar-refractivity contribution < 1.29 is 9.53 Å². The second-order valence-electron chi connectivity index (χ2n) is 11.4. The third kappa shape index (κ3) is 5.73. The van der Waals surface area contributed by atoms with Crippen LogP contribution in [0.5, 0.6) is 5.75 Å². The van der Waals surface area contributed by atoms with Crippen molar-refractivity contribution in [2.75, 3.05) is 11.1 Å². The average molecular weight is 530 g/mol. The van der Waals surface area contributed by atoms with Crippen LogP contribution in [0.25, 0.3) is 0 Å². The number of hydrogen-bond acceptors (Lipinski definition) is 6. The van der Waals surface area contributed by atoms with Crippen molar-refractivity contribution in [3.05, 3.63) is 92.9 Å². The molecule has 7 heteroatoms. The molecule has 2 aliphatic rings. The molecule has 38 heavy (non-hydrogen) atoms. The molecule has 0 saturated heterocycles. The van der Waals surface area contributed by atoms with E-state index < -0.39 is 5.92 Å². The lowest BCUT2D eigenvalue weighted by atomic mass is 9.69. The molecule has 5 rings (SSSR count). The van der Waals surface area contributed by atoms with Crippen LogP contribution in [0.3, 0.4) is 0 Å². The molecule has 1 aliphatic carbocycles. The predicted octanol–water partition coefficient (Wildman–Crippen LogP) is 6.69. The maximum atomic E-state index is 13.5. The van der Waals surface area contributed by atoms with E-state index in [9.17, 15) is 9.59 Å². The summed E-state index contributed by atoms with van der Waals surface area (Å²) in [5, 5.41) is 4.01. The minimum Gasteiger partial charge on any atom is -0.489 e. The van der Waals surface area contributed by atoms with E-state index in [2.05, 4.69) is 38.0 Å². The van der Waals surface area contributed by atoms with Gasteiger partial charge in [0.1, 0.15) is 18.2 Å². The van der Waals surface area contributed by atoms with Crippen LogP contribution in [0.15, 0.2) is 75.8 Å². The Kier molecular flexibility index (Phi) is 7.48. The number of rotatable bonds is 8. The standard InChI is InChI=1S/C31H35N3O3S/c1-19(2)14-15-38-30-33-28-27(29(36)34-30)25(26-23(32-28)16-31(3,4)17-24(26)35)21-10-12-22(13-11-21)37-18-20-8-6-5-7-9-20/h5-13,19,25H,14-18H2,1-4H3,(H2,32,33,34,36). The molecule has 0 saturated carbocycles. The van der Waals surface area contributed by atoms with E-state index in [0.717, 1.165) is 41.2 Å². The highest BCUT2D eigenvalue weighted by molar-refractivity contribution is 7.99. The molecule has 1 unspecified atom stereocenters. The molecule has 0 spiro atoms. The normalized spacial score (nSPS) is 18.1. The largest absolute Gasteiger partial charge is 0.489 e. The zero-order valence-electron chi connectivity index (χ0n) is 22.5. The average Bonchev–Trinajstić information content (AvgIpc) is 2.86. The van der Waals surface area contributed by atoms with Gasteiger partial charge in [0.2, 0.25) is 0 Å². The number of anilines is 1. The van der Waals surface area contributed by atoms with E-state index in [1.807, 2.05) is 54.6 Å². The topological polar surface area (TPSA) is 84.1 Å². The summed E-state index contributed by atoms with van der Waals surface area (Å²) in [6.45, 7) is 9.06. The number of benzene rings is 2. The summed E-state index contributed by atoms with van der Waals surface area (Å²) in [6.07, 6.45) is 2.22. The Morgan fingerprint density at radius 2 is 1.79 bits per heavy atom. The van der Waals surface area contributed by atoms with Crippen LogP contribution in [0, 0.1) is 11.3 Å². The number of ketones is 1. The van der Waals surface area contributed by atoms with Crippen molar-refractivity contribution in [1.82, 2.24) is 9.97 Å².